The average Bonchev–Trinajstić information content (AvgIpc) is 2.68. The number of aryl methyl sites for hydroxylation is 1. The summed E-state index contributed by atoms with van der Waals surface area (Å²) in [6, 6.07) is 15.7. The van der Waals surface area contributed by atoms with Crippen molar-refractivity contribution in [2.75, 3.05) is 32.5 Å². The molecule has 28 heavy (non-hydrogen) atoms. The first-order valence-electron chi connectivity index (χ1n) is 9.23. The van der Waals surface area contributed by atoms with Crippen molar-refractivity contribution in [1.82, 2.24) is 10.6 Å². The number of ether oxygens (including phenoxy) is 1. The summed E-state index contributed by atoms with van der Waals surface area (Å²) in [4.78, 5) is 5.39. The highest BCUT2D eigenvalue weighted by molar-refractivity contribution is 14.0. The van der Waals surface area contributed by atoms with Crippen molar-refractivity contribution >= 4 is 40.7 Å². The molecule has 1 atom stereocenters. The summed E-state index contributed by atoms with van der Waals surface area (Å²) in [5, 5.41) is 6.57. The first kappa shape index (κ1) is 24.4. The molecular formula is C21H30IN3O2S. The van der Waals surface area contributed by atoms with Crippen molar-refractivity contribution in [3.8, 4) is 5.75 Å². The molecule has 0 saturated carbocycles. The van der Waals surface area contributed by atoms with Crippen molar-refractivity contribution in [2.45, 2.75) is 25.2 Å². The van der Waals surface area contributed by atoms with Gasteiger partial charge in [0.1, 0.15) is 5.75 Å². The van der Waals surface area contributed by atoms with E-state index in [0.717, 1.165) is 36.1 Å². The molecule has 1 unspecified atom stereocenters. The Kier molecular flexibility index (Phi) is 11.8. The molecule has 0 amide bonds. The first-order chi connectivity index (χ1) is 13.1. The molecule has 2 aromatic carbocycles. The fraction of sp³-hybridized carbons (Fsp3) is 0.381. The average molecular weight is 515 g/mol. The molecule has 0 fully saturated rings. The third kappa shape index (κ3) is 8.18. The van der Waals surface area contributed by atoms with Gasteiger partial charge in [-0.1, -0.05) is 35.9 Å². The van der Waals surface area contributed by atoms with Crippen LogP contribution >= 0.6 is 24.0 Å². The number of rotatable bonds is 9. The van der Waals surface area contributed by atoms with E-state index in [9.17, 15) is 4.21 Å². The Morgan fingerprint density at radius 3 is 2.57 bits per heavy atom. The van der Waals surface area contributed by atoms with Gasteiger partial charge in [0.15, 0.2) is 5.96 Å². The van der Waals surface area contributed by atoms with Crippen LogP contribution in [0, 0.1) is 6.92 Å². The van der Waals surface area contributed by atoms with E-state index >= 15 is 0 Å². The minimum atomic E-state index is -1.03. The lowest BCUT2D eigenvalue weighted by Crippen LogP contribution is -2.38. The molecule has 154 valence electrons. The van der Waals surface area contributed by atoms with Crippen LogP contribution in [0.25, 0.3) is 0 Å². The molecule has 2 rings (SSSR count). The zero-order valence-electron chi connectivity index (χ0n) is 16.7. The van der Waals surface area contributed by atoms with E-state index in [4.69, 9.17) is 4.74 Å². The summed E-state index contributed by atoms with van der Waals surface area (Å²) >= 11 is 0. The number of hydrogen-bond donors (Lipinski definition) is 2. The SMILES string of the molecule is CCNC(=NCCS(=O)c1ccccc1)NCCc1cc(C)ccc1OC.I. The van der Waals surface area contributed by atoms with Crippen LogP contribution in [0.15, 0.2) is 58.4 Å². The molecule has 2 aromatic rings. The molecule has 0 aliphatic rings. The molecule has 0 saturated heterocycles. The van der Waals surface area contributed by atoms with E-state index in [1.807, 2.05) is 49.4 Å². The summed E-state index contributed by atoms with van der Waals surface area (Å²) in [7, 11) is 0.669. The number of guanidine groups is 1. The van der Waals surface area contributed by atoms with E-state index in [0.29, 0.717) is 12.3 Å². The second-order valence-electron chi connectivity index (χ2n) is 6.12. The Bertz CT molecular complexity index is 770. The maximum Gasteiger partial charge on any atom is 0.191 e. The summed E-state index contributed by atoms with van der Waals surface area (Å²) in [6.07, 6.45) is 0.839. The van der Waals surface area contributed by atoms with Crippen LogP contribution in [0.5, 0.6) is 5.75 Å². The van der Waals surface area contributed by atoms with Gasteiger partial charge in [0.25, 0.3) is 0 Å². The molecule has 2 N–H and O–H groups in total. The van der Waals surface area contributed by atoms with Gasteiger partial charge in [-0.25, -0.2) is 0 Å². The third-order valence-corrected chi connectivity index (χ3v) is 5.37. The third-order valence-electron chi connectivity index (χ3n) is 4.02. The van der Waals surface area contributed by atoms with Crippen LogP contribution in [0.1, 0.15) is 18.1 Å². The van der Waals surface area contributed by atoms with Gasteiger partial charge in [0, 0.05) is 23.7 Å². The number of nitrogens with zero attached hydrogens (tertiary/aromatic N) is 1. The van der Waals surface area contributed by atoms with Gasteiger partial charge in [0.05, 0.1) is 24.5 Å². The maximum absolute atomic E-state index is 12.3. The highest BCUT2D eigenvalue weighted by Gasteiger charge is 2.05. The van der Waals surface area contributed by atoms with E-state index in [1.165, 1.54) is 11.1 Å². The molecule has 0 bridgehead atoms. The Balaban J connectivity index is 0.00000392. The van der Waals surface area contributed by atoms with E-state index in [2.05, 4.69) is 28.6 Å². The molecule has 7 heteroatoms. The minimum absolute atomic E-state index is 0. The molecule has 0 heterocycles. The van der Waals surface area contributed by atoms with Crippen molar-refractivity contribution in [3.63, 3.8) is 0 Å². The lowest BCUT2D eigenvalue weighted by Gasteiger charge is -2.13. The second-order valence-corrected chi connectivity index (χ2v) is 7.69. The molecular weight excluding hydrogens is 485 g/mol. The van der Waals surface area contributed by atoms with Gasteiger partial charge in [-0.05, 0) is 44.0 Å². The van der Waals surface area contributed by atoms with Crippen molar-refractivity contribution in [1.29, 1.82) is 0 Å². The monoisotopic (exact) mass is 515 g/mol. The Hall–Kier alpha value is -1.61. The number of methoxy groups -OCH3 is 1. The molecule has 0 aliphatic carbocycles. The zero-order chi connectivity index (χ0) is 19.5. The fourth-order valence-corrected chi connectivity index (χ4v) is 3.64. The van der Waals surface area contributed by atoms with Gasteiger partial charge >= 0.3 is 0 Å². The Labute approximate surface area is 187 Å². The number of benzene rings is 2. The zero-order valence-corrected chi connectivity index (χ0v) is 19.9. The van der Waals surface area contributed by atoms with Crippen molar-refractivity contribution < 1.29 is 8.95 Å². The van der Waals surface area contributed by atoms with Gasteiger partial charge in [-0.15, -0.1) is 24.0 Å². The molecule has 0 radical (unpaired) electrons. The molecule has 5 nitrogen and oxygen atoms in total. The maximum atomic E-state index is 12.3. The second kappa shape index (κ2) is 13.5. The van der Waals surface area contributed by atoms with Crippen LogP contribution in [-0.4, -0.2) is 42.7 Å². The lowest BCUT2D eigenvalue weighted by atomic mass is 10.1. The number of aliphatic imine (C=N–C) groups is 1. The highest BCUT2D eigenvalue weighted by atomic mass is 127. The first-order valence-corrected chi connectivity index (χ1v) is 10.5. The van der Waals surface area contributed by atoms with Crippen molar-refractivity contribution in [3.05, 3.63) is 59.7 Å². The molecule has 0 aliphatic heterocycles. The summed E-state index contributed by atoms with van der Waals surface area (Å²) < 4.78 is 17.7. The topological polar surface area (TPSA) is 62.7 Å². The van der Waals surface area contributed by atoms with E-state index in [-0.39, 0.29) is 24.0 Å². The largest absolute Gasteiger partial charge is 0.496 e. The predicted molar refractivity (Wildman–Crippen MR) is 129 cm³/mol. The minimum Gasteiger partial charge on any atom is -0.496 e. The predicted octanol–water partition coefficient (Wildman–Crippen LogP) is 3.53. The van der Waals surface area contributed by atoms with Gasteiger partial charge in [-0.3, -0.25) is 9.20 Å². The summed E-state index contributed by atoms with van der Waals surface area (Å²) in [5.41, 5.74) is 2.39. The highest BCUT2D eigenvalue weighted by Crippen LogP contribution is 2.19. The molecule has 0 aromatic heterocycles. The van der Waals surface area contributed by atoms with E-state index < -0.39 is 10.8 Å². The van der Waals surface area contributed by atoms with Crippen LogP contribution in [0.2, 0.25) is 0 Å². The standard InChI is InChI=1S/C21H29N3O2S.HI/c1-4-22-21(24-14-15-27(25)19-8-6-5-7-9-19)23-13-12-18-16-17(2)10-11-20(18)26-3;/h5-11,16H,4,12-15H2,1-3H3,(H2,22,23,24);1H. The van der Waals surface area contributed by atoms with E-state index in [1.54, 1.807) is 7.11 Å². The van der Waals surface area contributed by atoms with Crippen LogP contribution in [-0.2, 0) is 17.2 Å². The molecule has 0 spiro atoms. The van der Waals surface area contributed by atoms with Crippen LogP contribution in [0.3, 0.4) is 0 Å². The van der Waals surface area contributed by atoms with Gasteiger partial charge in [-0.2, -0.15) is 0 Å². The normalized spacial score (nSPS) is 12.0. The quantitative estimate of drug-likeness (QED) is 0.305. The van der Waals surface area contributed by atoms with Gasteiger partial charge < -0.3 is 15.4 Å². The number of halogens is 1. The summed E-state index contributed by atoms with van der Waals surface area (Å²) in [5.74, 6) is 2.16. The van der Waals surface area contributed by atoms with Crippen LogP contribution < -0.4 is 15.4 Å². The van der Waals surface area contributed by atoms with Gasteiger partial charge in [0.2, 0.25) is 0 Å². The van der Waals surface area contributed by atoms with Crippen molar-refractivity contribution in [2.24, 2.45) is 4.99 Å². The Morgan fingerprint density at radius 1 is 1.14 bits per heavy atom. The fourth-order valence-electron chi connectivity index (χ4n) is 2.69. The smallest absolute Gasteiger partial charge is 0.191 e. The lowest BCUT2D eigenvalue weighted by molar-refractivity contribution is 0.409. The number of nitrogens with one attached hydrogen (secondary N) is 2. The number of hydrogen-bond acceptors (Lipinski definition) is 3. The summed E-state index contributed by atoms with van der Waals surface area (Å²) in [6.45, 7) is 6.14. The Morgan fingerprint density at radius 2 is 1.89 bits per heavy atom. The van der Waals surface area contributed by atoms with Crippen LogP contribution in [0.4, 0.5) is 0 Å².